The van der Waals surface area contributed by atoms with Crippen molar-refractivity contribution in [2.24, 2.45) is 7.05 Å². The van der Waals surface area contributed by atoms with E-state index in [0.29, 0.717) is 5.82 Å². The van der Waals surface area contributed by atoms with E-state index in [-0.39, 0.29) is 22.9 Å². The van der Waals surface area contributed by atoms with Crippen LogP contribution in [0, 0.1) is 13.8 Å². The summed E-state index contributed by atoms with van der Waals surface area (Å²) < 4.78 is 60.2. The molecule has 3 aromatic rings. The van der Waals surface area contributed by atoms with Gasteiger partial charge >= 0.3 is 0 Å². The molecule has 0 spiro atoms. The SMILES string of the molecule is Cc1ccc(S(=O)(=O)OC[C@@H](C)N(Cc2nccn2C)S(=O)(=O)c2ccc(C)cc2)cc1. The largest absolute Gasteiger partial charge is 0.337 e. The molecule has 0 fully saturated rings. The smallest absolute Gasteiger partial charge is 0.297 e. The highest BCUT2D eigenvalue weighted by Gasteiger charge is 2.31. The molecule has 3 rings (SSSR count). The molecule has 0 radical (unpaired) electrons. The summed E-state index contributed by atoms with van der Waals surface area (Å²) in [5, 5.41) is 0. The summed E-state index contributed by atoms with van der Waals surface area (Å²) >= 11 is 0. The molecule has 0 N–H and O–H groups in total. The van der Waals surface area contributed by atoms with Crippen molar-refractivity contribution in [1.29, 1.82) is 0 Å². The maximum Gasteiger partial charge on any atom is 0.297 e. The van der Waals surface area contributed by atoms with E-state index in [9.17, 15) is 16.8 Å². The van der Waals surface area contributed by atoms with Crippen LogP contribution in [0.25, 0.3) is 0 Å². The van der Waals surface area contributed by atoms with Crippen LogP contribution in [0.1, 0.15) is 23.9 Å². The van der Waals surface area contributed by atoms with Crippen LogP contribution in [0.2, 0.25) is 0 Å². The Kier molecular flexibility index (Phi) is 7.19. The van der Waals surface area contributed by atoms with Crippen LogP contribution in [-0.2, 0) is 37.9 Å². The van der Waals surface area contributed by atoms with Gasteiger partial charge in [0.1, 0.15) is 5.82 Å². The third-order valence-corrected chi connectivity index (χ3v) is 8.38. The Morgan fingerprint density at radius 1 is 0.938 bits per heavy atom. The van der Waals surface area contributed by atoms with Gasteiger partial charge in [-0.2, -0.15) is 12.7 Å². The lowest BCUT2D eigenvalue weighted by Gasteiger charge is -2.28. The molecule has 1 aromatic heterocycles. The lowest BCUT2D eigenvalue weighted by Crippen LogP contribution is -2.41. The van der Waals surface area contributed by atoms with E-state index in [4.69, 9.17) is 4.18 Å². The Labute approximate surface area is 189 Å². The second kappa shape index (κ2) is 9.53. The summed E-state index contributed by atoms with van der Waals surface area (Å²) in [6, 6.07) is 12.0. The number of imidazole rings is 1. The van der Waals surface area contributed by atoms with Crippen LogP contribution in [0.15, 0.2) is 70.7 Å². The lowest BCUT2D eigenvalue weighted by molar-refractivity contribution is 0.212. The molecular weight excluding hydrogens is 450 g/mol. The van der Waals surface area contributed by atoms with Gasteiger partial charge in [0.2, 0.25) is 10.0 Å². The molecule has 172 valence electrons. The highest BCUT2D eigenvalue weighted by molar-refractivity contribution is 7.89. The van der Waals surface area contributed by atoms with Gasteiger partial charge in [-0.25, -0.2) is 13.4 Å². The predicted octanol–water partition coefficient (Wildman–Crippen LogP) is 3.02. The van der Waals surface area contributed by atoms with Gasteiger partial charge in [-0.1, -0.05) is 35.4 Å². The van der Waals surface area contributed by atoms with Crippen molar-refractivity contribution >= 4 is 20.1 Å². The second-order valence-corrected chi connectivity index (χ2v) is 11.2. The summed E-state index contributed by atoms with van der Waals surface area (Å²) in [7, 11) is -6.21. The summed E-state index contributed by atoms with van der Waals surface area (Å²) in [6.45, 7) is 4.96. The summed E-state index contributed by atoms with van der Waals surface area (Å²) in [6.07, 6.45) is 3.30. The first kappa shape index (κ1) is 24.1. The average Bonchev–Trinajstić information content (AvgIpc) is 3.15. The van der Waals surface area contributed by atoms with Gasteiger partial charge in [0.15, 0.2) is 0 Å². The van der Waals surface area contributed by atoms with Crippen molar-refractivity contribution in [3.05, 3.63) is 77.9 Å². The quantitative estimate of drug-likeness (QED) is 0.440. The maximum absolute atomic E-state index is 13.4. The molecule has 2 aromatic carbocycles. The molecule has 0 saturated carbocycles. The summed E-state index contributed by atoms with van der Waals surface area (Å²) in [4.78, 5) is 4.36. The van der Waals surface area contributed by atoms with Crippen molar-refractivity contribution in [3.63, 3.8) is 0 Å². The van der Waals surface area contributed by atoms with Crippen LogP contribution in [0.5, 0.6) is 0 Å². The highest BCUT2D eigenvalue weighted by Crippen LogP contribution is 2.22. The minimum atomic E-state index is -4.03. The van der Waals surface area contributed by atoms with Gasteiger partial charge in [0, 0.05) is 25.5 Å². The molecule has 8 nitrogen and oxygen atoms in total. The second-order valence-electron chi connectivity index (χ2n) is 7.72. The normalized spacial score (nSPS) is 13.4. The van der Waals surface area contributed by atoms with Gasteiger partial charge in [0.05, 0.1) is 22.9 Å². The highest BCUT2D eigenvalue weighted by atomic mass is 32.2. The minimum absolute atomic E-state index is 0.0207. The average molecular weight is 478 g/mol. The summed E-state index contributed by atoms with van der Waals surface area (Å²) in [5.74, 6) is 0.522. The number of rotatable bonds is 9. The predicted molar refractivity (Wildman–Crippen MR) is 121 cm³/mol. The lowest BCUT2D eigenvalue weighted by atomic mass is 10.2. The molecule has 1 heterocycles. The number of aromatic nitrogens is 2. The minimum Gasteiger partial charge on any atom is -0.337 e. The Hall–Kier alpha value is -2.53. The molecule has 32 heavy (non-hydrogen) atoms. The first-order valence-corrected chi connectivity index (χ1v) is 12.9. The Bertz CT molecular complexity index is 1270. The number of hydrogen-bond acceptors (Lipinski definition) is 6. The standard InChI is InChI=1S/C22H27N3O5S2/c1-17-5-9-20(10-6-17)31(26,27)25(15-22-23-13-14-24(22)4)19(3)16-30-32(28,29)21-11-7-18(2)8-12-21/h5-14,19H,15-16H2,1-4H3/t19-/m1/s1. The number of benzene rings is 2. The fourth-order valence-electron chi connectivity index (χ4n) is 3.06. The van der Waals surface area contributed by atoms with Gasteiger partial charge in [-0.05, 0) is 45.0 Å². The van der Waals surface area contributed by atoms with Crippen LogP contribution in [0.4, 0.5) is 0 Å². The monoisotopic (exact) mass is 477 g/mol. The first-order valence-electron chi connectivity index (χ1n) is 10.0. The van der Waals surface area contributed by atoms with E-state index in [0.717, 1.165) is 11.1 Å². The fraction of sp³-hybridized carbons (Fsp3) is 0.318. The van der Waals surface area contributed by atoms with Crippen LogP contribution < -0.4 is 0 Å². The molecule has 0 bridgehead atoms. The van der Waals surface area contributed by atoms with E-state index >= 15 is 0 Å². The van der Waals surface area contributed by atoms with Crippen molar-refractivity contribution in [2.75, 3.05) is 6.61 Å². The Balaban J connectivity index is 1.88. The zero-order valence-electron chi connectivity index (χ0n) is 18.5. The number of hydrogen-bond donors (Lipinski definition) is 0. The molecule has 1 atom stereocenters. The van der Waals surface area contributed by atoms with Crippen molar-refractivity contribution < 1.29 is 21.0 Å². The van der Waals surface area contributed by atoms with Gasteiger partial charge in [-0.3, -0.25) is 4.18 Å². The zero-order valence-corrected chi connectivity index (χ0v) is 20.1. The van der Waals surface area contributed by atoms with E-state index in [1.54, 1.807) is 55.2 Å². The molecule has 0 unspecified atom stereocenters. The van der Waals surface area contributed by atoms with E-state index in [1.807, 2.05) is 13.8 Å². The van der Waals surface area contributed by atoms with Crippen LogP contribution >= 0.6 is 0 Å². The van der Waals surface area contributed by atoms with Crippen LogP contribution in [0.3, 0.4) is 0 Å². The number of nitrogens with zero attached hydrogens (tertiary/aromatic N) is 3. The Morgan fingerprint density at radius 3 is 1.97 bits per heavy atom. The van der Waals surface area contributed by atoms with Crippen LogP contribution in [-0.4, -0.2) is 43.3 Å². The summed E-state index contributed by atoms with van der Waals surface area (Å²) in [5.41, 5.74) is 1.85. The molecule has 0 aliphatic carbocycles. The van der Waals surface area contributed by atoms with E-state index in [2.05, 4.69) is 4.98 Å². The van der Waals surface area contributed by atoms with E-state index in [1.165, 1.54) is 28.6 Å². The molecule has 0 aliphatic heterocycles. The van der Waals surface area contributed by atoms with Crippen molar-refractivity contribution in [3.8, 4) is 0 Å². The van der Waals surface area contributed by atoms with Crippen molar-refractivity contribution in [2.45, 2.75) is 43.1 Å². The Morgan fingerprint density at radius 2 is 1.47 bits per heavy atom. The van der Waals surface area contributed by atoms with Gasteiger partial charge < -0.3 is 4.57 Å². The molecule has 0 saturated heterocycles. The fourth-order valence-corrected chi connectivity index (χ4v) is 5.61. The first-order chi connectivity index (χ1) is 15.0. The molecule has 0 aliphatic rings. The van der Waals surface area contributed by atoms with Gasteiger partial charge in [-0.15, -0.1) is 0 Å². The third kappa shape index (κ3) is 5.44. The molecule has 10 heteroatoms. The third-order valence-electron chi connectivity index (χ3n) is 5.11. The van der Waals surface area contributed by atoms with E-state index < -0.39 is 26.2 Å². The maximum atomic E-state index is 13.4. The number of sulfonamides is 1. The molecule has 0 amide bonds. The molecular formula is C22H27N3O5S2. The van der Waals surface area contributed by atoms with Gasteiger partial charge in [0.25, 0.3) is 10.1 Å². The number of aryl methyl sites for hydroxylation is 3. The topological polar surface area (TPSA) is 98.6 Å². The zero-order chi connectivity index (χ0) is 23.5. The van der Waals surface area contributed by atoms with Crippen molar-refractivity contribution in [1.82, 2.24) is 13.9 Å².